The number of hydrogen-bond donors (Lipinski definition) is 1. The summed E-state index contributed by atoms with van der Waals surface area (Å²) < 4.78 is 36.2. The van der Waals surface area contributed by atoms with Gasteiger partial charge < -0.3 is 14.8 Å². The normalized spacial score (nSPS) is 12.2. The van der Waals surface area contributed by atoms with E-state index >= 15 is 0 Å². The predicted molar refractivity (Wildman–Crippen MR) is 109 cm³/mol. The topological polar surface area (TPSA) is 84.9 Å². The summed E-state index contributed by atoms with van der Waals surface area (Å²) >= 11 is 0. The molecule has 0 saturated heterocycles. The molecule has 2 aromatic rings. The lowest BCUT2D eigenvalue weighted by Crippen LogP contribution is -2.38. The minimum atomic E-state index is -3.46. The van der Waals surface area contributed by atoms with E-state index in [1.165, 1.54) is 10.6 Å². The van der Waals surface area contributed by atoms with E-state index in [0.717, 1.165) is 5.56 Å². The Labute approximate surface area is 166 Å². The zero-order valence-corrected chi connectivity index (χ0v) is 17.1. The van der Waals surface area contributed by atoms with E-state index in [1.807, 2.05) is 37.3 Å². The predicted octanol–water partition coefficient (Wildman–Crippen LogP) is 2.18. The number of sulfonamides is 1. The van der Waals surface area contributed by atoms with Crippen LogP contribution in [-0.4, -0.2) is 46.9 Å². The number of nitrogens with zero attached hydrogens (tertiary/aromatic N) is 1. The lowest BCUT2D eigenvalue weighted by molar-refractivity contribution is -0.124. The number of rotatable bonds is 10. The van der Waals surface area contributed by atoms with Crippen LogP contribution in [0.2, 0.25) is 0 Å². The van der Waals surface area contributed by atoms with Crippen LogP contribution in [0, 0.1) is 0 Å². The smallest absolute Gasteiger partial charge is 0.258 e. The van der Waals surface area contributed by atoms with Crippen molar-refractivity contribution < 1.29 is 22.7 Å². The van der Waals surface area contributed by atoms with Crippen molar-refractivity contribution in [3.63, 3.8) is 0 Å². The molecule has 0 fully saturated rings. The van der Waals surface area contributed by atoms with Gasteiger partial charge in [0.05, 0.1) is 25.1 Å². The summed E-state index contributed by atoms with van der Waals surface area (Å²) in [7, 11) is -1.89. The van der Waals surface area contributed by atoms with Gasteiger partial charge in [-0.2, -0.15) is 0 Å². The largest absolute Gasteiger partial charge is 0.484 e. The molecular weight excluding hydrogens is 380 g/mol. The molecule has 2 rings (SSSR count). The van der Waals surface area contributed by atoms with Crippen molar-refractivity contribution in [3.8, 4) is 5.75 Å². The van der Waals surface area contributed by atoms with Crippen LogP contribution in [0.3, 0.4) is 0 Å². The van der Waals surface area contributed by atoms with Crippen LogP contribution < -0.4 is 14.4 Å². The van der Waals surface area contributed by atoms with Crippen molar-refractivity contribution in [1.82, 2.24) is 5.32 Å². The van der Waals surface area contributed by atoms with E-state index < -0.39 is 10.0 Å². The van der Waals surface area contributed by atoms with Gasteiger partial charge in [0.15, 0.2) is 6.61 Å². The second kappa shape index (κ2) is 10.1. The Morgan fingerprint density at radius 3 is 2.32 bits per heavy atom. The Kier molecular flexibility index (Phi) is 7.83. The zero-order chi connectivity index (χ0) is 20.6. The number of benzene rings is 2. The minimum absolute atomic E-state index is 0.107. The summed E-state index contributed by atoms with van der Waals surface area (Å²) in [6, 6.07) is 15.9. The van der Waals surface area contributed by atoms with E-state index in [9.17, 15) is 13.2 Å². The number of ether oxygens (including phenoxy) is 2. The fourth-order valence-electron chi connectivity index (χ4n) is 2.61. The van der Waals surface area contributed by atoms with E-state index in [2.05, 4.69) is 5.32 Å². The molecule has 0 aromatic heterocycles. The van der Waals surface area contributed by atoms with E-state index in [-0.39, 0.29) is 25.1 Å². The standard InChI is InChI=1S/C20H26N2O5S/c1-16(14-26-2)21-20(23)15-27-19-11-9-18(10-12-19)22(28(3,24)25)13-17-7-5-4-6-8-17/h4-12,16H,13-15H2,1-3H3,(H,21,23)/t16-/m0/s1. The van der Waals surface area contributed by atoms with Gasteiger partial charge in [-0.15, -0.1) is 0 Å². The van der Waals surface area contributed by atoms with Crippen molar-refractivity contribution in [2.75, 3.05) is 30.9 Å². The van der Waals surface area contributed by atoms with E-state index in [4.69, 9.17) is 9.47 Å². The number of hydrogen-bond acceptors (Lipinski definition) is 5. The Bertz CT molecular complexity index is 854. The first kappa shape index (κ1) is 21.7. The summed E-state index contributed by atoms with van der Waals surface area (Å²) in [5, 5.41) is 2.75. The number of anilines is 1. The van der Waals surface area contributed by atoms with E-state index in [1.54, 1.807) is 31.4 Å². The third-order valence-electron chi connectivity index (χ3n) is 3.89. The highest BCUT2D eigenvalue weighted by Gasteiger charge is 2.18. The molecule has 0 saturated carbocycles. The second-order valence-corrected chi connectivity index (χ2v) is 8.37. The average Bonchev–Trinajstić information content (AvgIpc) is 2.65. The van der Waals surface area contributed by atoms with Gasteiger partial charge in [-0.25, -0.2) is 8.42 Å². The lowest BCUT2D eigenvalue weighted by atomic mass is 10.2. The van der Waals surface area contributed by atoms with Crippen molar-refractivity contribution in [1.29, 1.82) is 0 Å². The molecule has 0 aliphatic rings. The van der Waals surface area contributed by atoms with Gasteiger partial charge in [0, 0.05) is 13.2 Å². The Balaban J connectivity index is 2.01. The maximum Gasteiger partial charge on any atom is 0.258 e. The van der Waals surface area contributed by atoms with Crippen LogP contribution in [0.1, 0.15) is 12.5 Å². The molecule has 1 amide bonds. The highest BCUT2D eigenvalue weighted by Crippen LogP contribution is 2.23. The molecule has 1 atom stereocenters. The Morgan fingerprint density at radius 2 is 1.75 bits per heavy atom. The quantitative estimate of drug-likeness (QED) is 0.654. The number of carbonyl (C=O) groups excluding carboxylic acids is 1. The number of amides is 1. The van der Waals surface area contributed by atoms with Crippen molar-refractivity contribution >= 4 is 21.6 Å². The maximum atomic E-state index is 12.2. The highest BCUT2D eigenvalue weighted by molar-refractivity contribution is 7.92. The monoisotopic (exact) mass is 406 g/mol. The third-order valence-corrected chi connectivity index (χ3v) is 5.03. The fraction of sp³-hybridized carbons (Fsp3) is 0.350. The molecule has 28 heavy (non-hydrogen) atoms. The van der Waals surface area contributed by atoms with Crippen LogP contribution in [-0.2, 0) is 26.1 Å². The van der Waals surface area contributed by atoms with Crippen LogP contribution in [0.5, 0.6) is 5.75 Å². The summed E-state index contributed by atoms with van der Waals surface area (Å²) in [6.07, 6.45) is 1.17. The van der Waals surface area contributed by atoms with Gasteiger partial charge in [0.25, 0.3) is 5.91 Å². The minimum Gasteiger partial charge on any atom is -0.484 e. The SMILES string of the molecule is COC[C@H](C)NC(=O)COc1ccc(N(Cc2ccccc2)S(C)(=O)=O)cc1. The molecule has 0 radical (unpaired) electrons. The van der Waals surface area contributed by atoms with Gasteiger partial charge in [-0.1, -0.05) is 30.3 Å². The summed E-state index contributed by atoms with van der Waals surface area (Å²) in [6.45, 7) is 2.36. The first-order valence-electron chi connectivity index (χ1n) is 8.82. The zero-order valence-electron chi connectivity index (χ0n) is 16.3. The molecule has 8 heteroatoms. The van der Waals surface area contributed by atoms with Crippen LogP contribution in [0.4, 0.5) is 5.69 Å². The first-order valence-corrected chi connectivity index (χ1v) is 10.7. The van der Waals surface area contributed by atoms with Crippen LogP contribution in [0.15, 0.2) is 54.6 Å². The van der Waals surface area contributed by atoms with E-state index in [0.29, 0.717) is 18.0 Å². The molecule has 7 nitrogen and oxygen atoms in total. The first-order chi connectivity index (χ1) is 13.3. The molecule has 1 N–H and O–H groups in total. The molecule has 0 bridgehead atoms. The second-order valence-electron chi connectivity index (χ2n) is 6.46. The maximum absolute atomic E-state index is 12.2. The molecule has 0 heterocycles. The average molecular weight is 407 g/mol. The van der Waals surface area contributed by atoms with Crippen molar-refractivity contribution in [2.45, 2.75) is 19.5 Å². The van der Waals surface area contributed by atoms with Crippen LogP contribution in [0.25, 0.3) is 0 Å². The van der Waals surface area contributed by atoms with Gasteiger partial charge in [-0.05, 0) is 36.8 Å². The van der Waals surface area contributed by atoms with Crippen LogP contribution >= 0.6 is 0 Å². The number of nitrogens with one attached hydrogen (secondary N) is 1. The Hall–Kier alpha value is -2.58. The molecule has 0 unspecified atom stereocenters. The highest BCUT2D eigenvalue weighted by atomic mass is 32.2. The molecular formula is C20H26N2O5S. The summed E-state index contributed by atoms with van der Waals surface area (Å²) in [5.41, 5.74) is 1.41. The summed E-state index contributed by atoms with van der Waals surface area (Å²) in [5.74, 6) is 0.224. The fourth-order valence-corrected chi connectivity index (χ4v) is 3.50. The number of carbonyl (C=O) groups is 1. The van der Waals surface area contributed by atoms with Crippen molar-refractivity contribution in [3.05, 3.63) is 60.2 Å². The van der Waals surface area contributed by atoms with Gasteiger partial charge in [-0.3, -0.25) is 9.10 Å². The molecule has 2 aromatic carbocycles. The van der Waals surface area contributed by atoms with Crippen molar-refractivity contribution in [2.24, 2.45) is 0 Å². The number of methoxy groups -OCH3 is 1. The molecule has 0 spiro atoms. The summed E-state index contributed by atoms with van der Waals surface area (Å²) in [4.78, 5) is 11.8. The molecule has 0 aliphatic heterocycles. The molecule has 0 aliphatic carbocycles. The third kappa shape index (κ3) is 6.86. The van der Waals surface area contributed by atoms with Gasteiger partial charge in [0.2, 0.25) is 10.0 Å². The Morgan fingerprint density at radius 1 is 1.11 bits per heavy atom. The lowest BCUT2D eigenvalue weighted by Gasteiger charge is -2.22. The molecule has 152 valence electrons. The van der Waals surface area contributed by atoms with Gasteiger partial charge >= 0.3 is 0 Å². The van der Waals surface area contributed by atoms with Gasteiger partial charge in [0.1, 0.15) is 5.75 Å².